The van der Waals surface area contributed by atoms with Crippen LogP contribution in [0.4, 0.5) is 0 Å². The molecule has 2 heterocycles. The molecule has 240 valence electrons. The van der Waals surface area contributed by atoms with Crippen molar-refractivity contribution in [2.24, 2.45) is 5.92 Å². The lowest BCUT2D eigenvalue weighted by atomic mass is 9.87. The van der Waals surface area contributed by atoms with Crippen LogP contribution < -0.4 is 5.32 Å². The average molecular weight is 615 g/mol. The van der Waals surface area contributed by atoms with Crippen molar-refractivity contribution in [1.29, 1.82) is 0 Å². The molecule has 9 nitrogen and oxygen atoms in total. The van der Waals surface area contributed by atoms with E-state index in [2.05, 4.69) is 10.3 Å². The number of amides is 3. The number of likely N-dealkylation sites (tertiary alicyclic amines) is 1. The van der Waals surface area contributed by atoms with Crippen molar-refractivity contribution in [3.63, 3.8) is 0 Å². The van der Waals surface area contributed by atoms with E-state index >= 15 is 0 Å². The van der Waals surface area contributed by atoms with Gasteiger partial charge in [0, 0.05) is 30.2 Å². The molecule has 2 N–H and O–H groups in total. The molecule has 1 saturated carbocycles. The summed E-state index contributed by atoms with van der Waals surface area (Å²) in [5.74, 6) is -0.665. The van der Waals surface area contributed by atoms with E-state index in [0.717, 1.165) is 41.3 Å². The summed E-state index contributed by atoms with van der Waals surface area (Å²) >= 11 is 0. The van der Waals surface area contributed by atoms with Crippen molar-refractivity contribution in [2.45, 2.75) is 82.7 Å². The second kappa shape index (κ2) is 15.7. The van der Waals surface area contributed by atoms with Crippen LogP contribution in [0.2, 0.25) is 0 Å². The first-order chi connectivity index (χ1) is 21.9. The Hall–Kier alpha value is -4.14. The number of nitrogens with one attached hydrogen (secondary N) is 2. The summed E-state index contributed by atoms with van der Waals surface area (Å²) in [6, 6.07) is 16.3. The van der Waals surface area contributed by atoms with Gasteiger partial charge in [0.05, 0.1) is 20.1 Å². The number of esters is 1. The summed E-state index contributed by atoms with van der Waals surface area (Å²) in [5.41, 5.74) is 2.89. The van der Waals surface area contributed by atoms with E-state index in [9.17, 15) is 19.2 Å². The van der Waals surface area contributed by atoms with Gasteiger partial charge >= 0.3 is 5.97 Å². The number of ether oxygens (including phenoxy) is 1. The molecule has 2 aromatic carbocycles. The molecule has 0 unspecified atom stereocenters. The van der Waals surface area contributed by atoms with Crippen LogP contribution in [0.5, 0.6) is 0 Å². The fraction of sp³-hybridized carbons (Fsp3) is 0.500. The van der Waals surface area contributed by atoms with Crippen molar-refractivity contribution in [2.75, 3.05) is 26.7 Å². The molecule has 1 aromatic heterocycles. The van der Waals surface area contributed by atoms with Gasteiger partial charge in [0.1, 0.15) is 12.1 Å². The van der Waals surface area contributed by atoms with Crippen molar-refractivity contribution in [3.8, 4) is 0 Å². The summed E-state index contributed by atoms with van der Waals surface area (Å²) in [6.45, 7) is 0.771. The van der Waals surface area contributed by atoms with Crippen LogP contribution >= 0.6 is 0 Å². The number of aryl methyl sites for hydroxylation is 1. The van der Waals surface area contributed by atoms with Crippen LogP contribution in [0.25, 0.3) is 10.9 Å². The predicted octanol–water partition coefficient (Wildman–Crippen LogP) is 4.79. The number of hydrogen-bond acceptors (Lipinski definition) is 5. The largest absolute Gasteiger partial charge is 0.467 e. The van der Waals surface area contributed by atoms with Gasteiger partial charge < -0.3 is 24.8 Å². The number of H-pyrrole nitrogens is 1. The summed E-state index contributed by atoms with van der Waals surface area (Å²) in [7, 11) is 1.33. The van der Waals surface area contributed by atoms with Crippen LogP contribution in [-0.2, 0) is 36.8 Å². The monoisotopic (exact) mass is 614 g/mol. The van der Waals surface area contributed by atoms with Crippen LogP contribution in [0, 0.1) is 5.92 Å². The van der Waals surface area contributed by atoms with Gasteiger partial charge in [0.2, 0.25) is 17.7 Å². The van der Waals surface area contributed by atoms with Gasteiger partial charge in [-0.1, -0.05) is 80.6 Å². The zero-order valence-electron chi connectivity index (χ0n) is 26.3. The average Bonchev–Trinajstić information content (AvgIpc) is 3.73. The number of rotatable bonds is 13. The SMILES string of the molecule is COC(=O)[C@H]1CCCN1C(=O)CN(CCC1CCCCC1)C(=O)[C@@H](CCc1ccccc1)NC(=O)Cc1c[nH]c2ccccc12. The second-order valence-electron chi connectivity index (χ2n) is 12.5. The summed E-state index contributed by atoms with van der Waals surface area (Å²) < 4.78 is 4.96. The van der Waals surface area contributed by atoms with E-state index in [1.165, 1.54) is 26.4 Å². The Morgan fingerprint density at radius 2 is 1.73 bits per heavy atom. The maximum atomic E-state index is 14.4. The van der Waals surface area contributed by atoms with Crippen molar-refractivity contribution >= 4 is 34.6 Å². The van der Waals surface area contributed by atoms with E-state index in [4.69, 9.17) is 4.74 Å². The molecule has 3 amide bonds. The molecular formula is C36H46N4O5. The molecule has 9 heteroatoms. The number of nitrogens with zero attached hydrogens (tertiary/aromatic N) is 2. The summed E-state index contributed by atoms with van der Waals surface area (Å²) in [6.07, 6.45) is 10.9. The first-order valence-electron chi connectivity index (χ1n) is 16.5. The number of aromatic nitrogens is 1. The fourth-order valence-electron chi connectivity index (χ4n) is 6.91. The minimum atomic E-state index is -0.794. The highest BCUT2D eigenvalue weighted by atomic mass is 16.5. The molecule has 2 fully saturated rings. The number of benzene rings is 2. The van der Waals surface area contributed by atoms with E-state index in [0.29, 0.717) is 44.7 Å². The molecule has 2 aliphatic rings. The van der Waals surface area contributed by atoms with Gasteiger partial charge in [-0.25, -0.2) is 4.79 Å². The maximum Gasteiger partial charge on any atom is 0.328 e. The predicted molar refractivity (Wildman–Crippen MR) is 173 cm³/mol. The van der Waals surface area contributed by atoms with Gasteiger partial charge in [0.25, 0.3) is 0 Å². The van der Waals surface area contributed by atoms with Gasteiger partial charge in [-0.2, -0.15) is 0 Å². The van der Waals surface area contributed by atoms with Crippen molar-refractivity contribution in [3.05, 3.63) is 71.9 Å². The van der Waals surface area contributed by atoms with Gasteiger partial charge in [-0.15, -0.1) is 0 Å². The molecule has 1 saturated heterocycles. The quantitative estimate of drug-likeness (QED) is 0.269. The summed E-state index contributed by atoms with van der Waals surface area (Å²) in [5, 5.41) is 4.02. The molecule has 45 heavy (non-hydrogen) atoms. The van der Waals surface area contributed by atoms with Gasteiger partial charge in [-0.3, -0.25) is 14.4 Å². The third-order valence-corrected chi connectivity index (χ3v) is 9.44. The molecule has 1 aliphatic heterocycles. The maximum absolute atomic E-state index is 14.4. The number of carbonyl (C=O) groups is 4. The minimum Gasteiger partial charge on any atom is -0.467 e. The Morgan fingerprint density at radius 3 is 2.51 bits per heavy atom. The van der Waals surface area contributed by atoms with Crippen molar-refractivity contribution in [1.82, 2.24) is 20.1 Å². The Labute approximate surface area is 265 Å². The molecule has 1 aliphatic carbocycles. The number of para-hydroxylation sites is 1. The summed E-state index contributed by atoms with van der Waals surface area (Å²) in [4.78, 5) is 60.3. The minimum absolute atomic E-state index is 0.126. The highest BCUT2D eigenvalue weighted by Gasteiger charge is 2.37. The molecule has 2 atom stereocenters. The van der Waals surface area contributed by atoms with Crippen LogP contribution in [0.15, 0.2) is 60.8 Å². The first-order valence-corrected chi connectivity index (χ1v) is 16.5. The normalized spacial score (nSPS) is 17.6. The molecule has 0 bridgehead atoms. The first kappa shape index (κ1) is 32.3. The third-order valence-electron chi connectivity index (χ3n) is 9.44. The van der Waals surface area contributed by atoms with E-state index < -0.39 is 18.1 Å². The smallest absolute Gasteiger partial charge is 0.328 e. The van der Waals surface area contributed by atoms with Crippen LogP contribution in [0.1, 0.15) is 68.9 Å². The van der Waals surface area contributed by atoms with Crippen LogP contribution in [0.3, 0.4) is 0 Å². The Kier molecular flexibility index (Phi) is 11.3. The Bertz CT molecular complexity index is 1450. The zero-order chi connectivity index (χ0) is 31.6. The number of aromatic amines is 1. The second-order valence-corrected chi connectivity index (χ2v) is 12.5. The van der Waals surface area contributed by atoms with E-state index in [1.54, 1.807) is 9.80 Å². The van der Waals surface area contributed by atoms with Gasteiger partial charge in [-0.05, 0) is 55.2 Å². The van der Waals surface area contributed by atoms with E-state index in [1.807, 2.05) is 60.8 Å². The third kappa shape index (κ3) is 8.53. The van der Waals surface area contributed by atoms with Gasteiger partial charge in [0.15, 0.2) is 0 Å². The molecule has 5 rings (SSSR count). The van der Waals surface area contributed by atoms with Crippen LogP contribution in [-0.4, -0.2) is 77.3 Å². The number of methoxy groups -OCH3 is 1. The molecule has 0 radical (unpaired) electrons. The number of carbonyl (C=O) groups excluding carboxylic acids is 4. The number of fused-ring (bicyclic) bond motifs is 1. The Balaban J connectivity index is 1.34. The van der Waals surface area contributed by atoms with Crippen molar-refractivity contribution < 1.29 is 23.9 Å². The topological polar surface area (TPSA) is 112 Å². The molecule has 0 spiro atoms. The highest BCUT2D eigenvalue weighted by Crippen LogP contribution is 2.27. The lowest BCUT2D eigenvalue weighted by Crippen LogP contribution is -2.53. The lowest BCUT2D eigenvalue weighted by molar-refractivity contribution is -0.152. The molecular weight excluding hydrogens is 568 g/mol. The van der Waals surface area contributed by atoms with E-state index in [-0.39, 0.29) is 30.7 Å². The zero-order valence-corrected chi connectivity index (χ0v) is 26.3. The number of hydrogen-bond donors (Lipinski definition) is 2. The standard InChI is InChI=1S/C36H46N4O5/c1-45-36(44)32-17-10-21-40(32)34(42)25-39(22-20-27-13-6-3-7-14-27)35(43)31(19-18-26-11-4-2-5-12-26)38-33(41)23-28-24-37-30-16-9-8-15-29(28)30/h2,4-5,8-9,11-12,15-16,24,27,31-32,37H,3,6-7,10,13-14,17-23,25H2,1H3,(H,38,41)/t31-,32-/m1/s1. The lowest BCUT2D eigenvalue weighted by Gasteiger charge is -2.32. The Morgan fingerprint density at radius 1 is 0.978 bits per heavy atom. The fourth-order valence-corrected chi connectivity index (χ4v) is 6.91. The molecule has 3 aromatic rings. The highest BCUT2D eigenvalue weighted by molar-refractivity contribution is 5.94.